The Bertz CT molecular complexity index is 980. The van der Waals surface area contributed by atoms with Crippen LogP contribution in [0, 0.1) is 6.92 Å². The van der Waals surface area contributed by atoms with Gasteiger partial charge in [0.05, 0.1) is 6.54 Å². The van der Waals surface area contributed by atoms with Crippen LogP contribution in [-0.4, -0.2) is 29.8 Å². The van der Waals surface area contributed by atoms with Crippen LogP contribution in [0.1, 0.15) is 12.7 Å². The first-order valence-corrected chi connectivity index (χ1v) is 7.73. The largest absolute Gasteiger partial charge is 0.458 e. The number of nitrogens with zero attached hydrogens (tertiary/aromatic N) is 6. The van der Waals surface area contributed by atoms with Crippen molar-refractivity contribution in [1.82, 2.24) is 29.8 Å². The van der Waals surface area contributed by atoms with Crippen LogP contribution in [-0.2, 0) is 6.54 Å². The van der Waals surface area contributed by atoms with E-state index in [4.69, 9.17) is 4.42 Å². The van der Waals surface area contributed by atoms with E-state index < -0.39 is 0 Å². The molecule has 0 aliphatic rings. The molecule has 0 aliphatic carbocycles. The van der Waals surface area contributed by atoms with E-state index in [0.29, 0.717) is 12.4 Å². The van der Waals surface area contributed by atoms with Gasteiger partial charge in [-0.1, -0.05) is 12.1 Å². The fourth-order valence-corrected chi connectivity index (χ4v) is 2.54. The summed E-state index contributed by atoms with van der Waals surface area (Å²) in [6.45, 7) is 4.58. The van der Waals surface area contributed by atoms with Gasteiger partial charge in [0.25, 0.3) is 0 Å². The molecule has 7 nitrogen and oxygen atoms in total. The van der Waals surface area contributed by atoms with Gasteiger partial charge < -0.3 is 4.42 Å². The highest BCUT2D eigenvalue weighted by Crippen LogP contribution is 2.25. The zero-order valence-electron chi connectivity index (χ0n) is 13.4. The number of hydrogen-bond donors (Lipinski definition) is 0. The van der Waals surface area contributed by atoms with Gasteiger partial charge >= 0.3 is 0 Å². The van der Waals surface area contributed by atoms with Gasteiger partial charge in [-0.15, -0.1) is 10.2 Å². The maximum atomic E-state index is 5.70. The van der Waals surface area contributed by atoms with E-state index in [1.54, 1.807) is 11.0 Å². The van der Waals surface area contributed by atoms with Crippen LogP contribution in [0.2, 0.25) is 0 Å². The summed E-state index contributed by atoms with van der Waals surface area (Å²) in [5.74, 6) is 2.95. The van der Waals surface area contributed by atoms with Gasteiger partial charge in [0.15, 0.2) is 11.6 Å². The molecule has 0 N–H and O–H groups in total. The highest BCUT2D eigenvalue weighted by molar-refractivity contribution is 5.60. The molecule has 120 valence electrons. The number of aryl methyl sites for hydroxylation is 2. The van der Waals surface area contributed by atoms with Gasteiger partial charge in [-0.25, -0.2) is 4.98 Å². The molecule has 0 aliphatic heterocycles. The van der Waals surface area contributed by atoms with Gasteiger partial charge in [0, 0.05) is 23.6 Å². The minimum Gasteiger partial charge on any atom is -0.458 e. The molecule has 0 fully saturated rings. The molecule has 0 radical (unpaired) electrons. The first-order chi connectivity index (χ1) is 11.7. The summed E-state index contributed by atoms with van der Waals surface area (Å²) in [5.41, 5.74) is 1.87. The van der Waals surface area contributed by atoms with E-state index >= 15 is 0 Å². The monoisotopic (exact) mass is 320 g/mol. The summed E-state index contributed by atoms with van der Waals surface area (Å²) in [4.78, 5) is 5.98. The number of furan rings is 1. The van der Waals surface area contributed by atoms with Gasteiger partial charge in [-0.05, 0) is 43.3 Å². The van der Waals surface area contributed by atoms with E-state index in [1.807, 2.05) is 61.0 Å². The molecule has 0 unspecified atom stereocenters. The van der Waals surface area contributed by atoms with Crippen molar-refractivity contribution in [3.05, 3.63) is 54.6 Å². The van der Waals surface area contributed by atoms with Gasteiger partial charge in [-0.2, -0.15) is 4.80 Å². The van der Waals surface area contributed by atoms with Crippen LogP contribution in [0.25, 0.3) is 28.7 Å². The molecule has 0 bridgehead atoms. The second-order valence-electron chi connectivity index (χ2n) is 5.38. The van der Waals surface area contributed by atoms with Crippen molar-refractivity contribution in [2.75, 3.05) is 0 Å². The lowest BCUT2D eigenvalue weighted by Gasteiger charge is -2.07. The zero-order chi connectivity index (χ0) is 16.5. The van der Waals surface area contributed by atoms with Crippen molar-refractivity contribution < 1.29 is 4.42 Å². The average Bonchev–Trinajstić information content (AvgIpc) is 3.34. The predicted octanol–water partition coefficient (Wildman–Crippen LogP) is 3.11. The lowest BCUT2D eigenvalue weighted by atomic mass is 10.2. The number of aromatic nitrogens is 6. The Morgan fingerprint density at radius 3 is 2.83 bits per heavy atom. The maximum Gasteiger partial charge on any atom is 0.204 e. The van der Waals surface area contributed by atoms with Gasteiger partial charge in [0.1, 0.15) is 5.76 Å². The quantitative estimate of drug-likeness (QED) is 0.577. The summed E-state index contributed by atoms with van der Waals surface area (Å²) in [5, 5.41) is 12.5. The Balaban J connectivity index is 1.76. The summed E-state index contributed by atoms with van der Waals surface area (Å²) in [6.07, 6.45) is 3.66. The molecule has 0 saturated heterocycles. The molecule has 1 aromatic carbocycles. The second kappa shape index (κ2) is 5.77. The molecule has 4 aromatic rings. The third-order valence-corrected chi connectivity index (χ3v) is 3.72. The standard InChI is InChI=1S/C17H16N6O/c1-3-23-20-16(19-21-23)13-5-4-6-14(11-13)22-10-9-18-17(22)15-8-7-12(2)24-15/h4-11H,3H2,1-2H3. The molecule has 4 rings (SSSR count). The topological polar surface area (TPSA) is 74.6 Å². The van der Waals surface area contributed by atoms with E-state index in [-0.39, 0.29) is 0 Å². The number of benzene rings is 1. The molecule has 24 heavy (non-hydrogen) atoms. The minimum absolute atomic E-state index is 0.606. The molecule has 3 aromatic heterocycles. The van der Waals surface area contributed by atoms with Crippen LogP contribution in [0.5, 0.6) is 0 Å². The summed E-state index contributed by atoms with van der Waals surface area (Å²) < 4.78 is 7.68. The van der Waals surface area contributed by atoms with Crippen molar-refractivity contribution in [2.24, 2.45) is 0 Å². The Hall–Kier alpha value is -3.22. The Morgan fingerprint density at radius 1 is 1.17 bits per heavy atom. The van der Waals surface area contributed by atoms with Crippen molar-refractivity contribution in [2.45, 2.75) is 20.4 Å². The maximum absolute atomic E-state index is 5.70. The Morgan fingerprint density at radius 2 is 2.08 bits per heavy atom. The number of rotatable bonds is 4. The first-order valence-electron chi connectivity index (χ1n) is 7.73. The fourth-order valence-electron chi connectivity index (χ4n) is 2.54. The predicted molar refractivity (Wildman–Crippen MR) is 88.5 cm³/mol. The number of imidazole rings is 1. The van der Waals surface area contributed by atoms with E-state index in [9.17, 15) is 0 Å². The Labute approximate surface area is 138 Å². The molecule has 0 spiro atoms. The van der Waals surface area contributed by atoms with Crippen molar-refractivity contribution >= 4 is 0 Å². The average molecular weight is 320 g/mol. The molecular formula is C17H16N6O. The first kappa shape index (κ1) is 14.4. The van der Waals surface area contributed by atoms with Crippen LogP contribution in [0.3, 0.4) is 0 Å². The van der Waals surface area contributed by atoms with Crippen molar-refractivity contribution in [3.8, 4) is 28.7 Å². The fraction of sp³-hybridized carbons (Fsp3) is 0.176. The van der Waals surface area contributed by atoms with E-state index in [0.717, 1.165) is 28.6 Å². The second-order valence-corrected chi connectivity index (χ2v) is 5.38. The molecule has 7 heteroatoms. The highest BCUT2D eigenvalue weighted by Gasteiger charge is 2.13. The minimum atomic E-state index is 0.606. The zero-order valence-corrected chi connectivity index (χ0v) is 13.4. The summed E-state index contributed by atoms with van der Waals surface area (Å²) in [6, 6.07) is 11.8. The van der Waals surface area contributed by atoms with Crippen LogP contribution < -0.4 is 0 Å². The lowest BCUT2D eigenvalue weighted by Crippen LogP contribution is -1.98. The molecule has 0 atom stereocenters. The Kier molecular flexibility index (Phi) is 3.45. The third kappa shape index (κ3) is 2.50. The number of hydrogen-bond acceptors (Lipinski definition) is 5. The molecular weight excluding hydrogens is 304 g/mol. The van der Waals surface area contributed by atoms with Gasteiger partial charge in [0.2, 0.25) is 5.82 Å². The number of tetrazole rings is 1. The van der Waals surface area contributed by atoms with Crippen molar-refractivity contribution in [1.29, 1.82) is 0 Å². The van der Waals surface area contributed by atoms with Gasteiger partial charge in [-0.3, -0.25) is 4.57 Å². The molecule has 0 amide bonds. The van der Waals surface area contributed by atoms with Crippen LogP contribution in [0.4, 0.5) is 0 Å². The summed E-state index contributed by atoms with van der Waals surface area (Å²) in [7, 11) is 0. The lowest BCUT2D eigenvalue weighted by molar-refractivity contribution is 0.543. The smallest absolute Gasteiger partial charge is 0.204 e. The molecule has 0 saturated carbocycles. The summed E-state index contributed by atoms with van der Waals surface area (Å²) >= 11 is 0. The molecule has 3 heterocycles. The van der Waals surface area contributed by atoms with E-state index in [1.165, 1.54) is 0 Å². The SMILES string of the molecule is CCn1nnc(-c2cccc(-n3ccnc3-c3ccc(C)o3)c2)n1. The van der Waals surface area contributed by atoms with Crippen molar-refractivity contribution in [3.63, 3.8) is 0 Å². The highest BCUT2D eigenvalue weighted by atomic mass is 16.3. The van der Waals surface area contributed by atoms with E-state index in [2.05, 4.69) is 20.4 Å². The van der Waals surface area contributed by atoms with Crippen LogP contribution >= 0.6 is 0 Å². The van der Waals surface area contributed by atoms with Crippen LogP contribution in [0.15, 0.2) is 53.2 Å². The normalized spacial score (nSPS) is 11.1. The third-order valence-electron chi connectivity index (χ3n) is 3.72.